The summed E-state index contributed by atoms with van der Waals surface area (Å²) in [4.78, 5) is 7.78. The van der Waals surface area contributed by atoms with Crippen LogP contribution in [0.1, 0.15) is 44.4 Å². The number of aromatic nitrogens is 1. The van der Waals surface area contributed by atoms with Gasteiger partial charge in [-0.3, -0.25) is 4.90 Å². The number of hydrogen-bond donors (Lipinski definition) is 0. The monoisotopic (exact) mass is 394 g/mol. The van der Waals surface area contributed by atoms with Gasteiger partial charge in [0, 0.05) is 24.0 Å². The number of benzene rings is 3. The van der Waals surface area contributed by atoms with Gasteiger partial charge in [0.05, 0.1) is 11.2 Å². The predicted molar refractivity (Wildman–Crippen MR) is 128 cm³/mol. The highest BCUT2D eigenvalue weighted by molar-refractivity contribution is 6.09. The summed E-state index contributed by atoms with van der Waals surface area (Å²) in [7, 11) is 0. The number of fused-ring (bicyclic) bond motifs is 5. The van der Waals surface area contributed by atoms with Crippen molar-refractivity contribution in [1.82, 2.24) is 9.88 Å². The fourth-order valence-electron chi connectivity index (χ4n) is 4.81. The highest BCUT2D eigenvalue weighted by Crippen LogP contribution is 2.37. The van der Waals surface area contributed by atoms with Gasteiger partial charge in [-0.2, -0.15) is 0 Å². The SMILES string of the molecule is CCN1CCc2c(c(-c3ccc(C(C)(C)C)cc3)nc3ccc4ccccc4c23)C1. The van der Waals surface area contributed by atoms with Crippen molar-refractivity contribution in [2.24, 2.45) is 0 Å². The third kappa shape index (κ3) is 3.20. The maximum absolute atomic E-state index is 5.24. The Balaban J connectivity index is 1.77. The second kappa shape index (κ2) is 7.21. The Morgan fingerprint density at radius 2 is 1.67 bits per heavy atom. The van der Waals surface area contributed by atoms with Crippen LogP contribution in [0.15, 0.2) is 60.7 Å². The van der Waals surface area contributed by atoms with Crippen LogP contribution >= 0.6 is 0 Å². The van der Waals surface area contributed by atoms with Crippen molar-refractivity contribution in [3.05, 3.63) is 77.4 Å². The highest BCUT2D eigenvalue weighted by Gasteiger charge is 2.24. The van der Waals surface area contributed by atoms with Crippen molar-refractivity contribution in [2.45, 2.75) is 46.1 Å². The van der Waals surface area contributed by atoms with E-state index in [0.29, 0.717) is 0 Å². The zero-order chi connectivity index (χ0) is 20.9. The molecule has 0 bridgehead atoms. The van der Waals surface area contributed by atoms with Gasteiger partial charge in [-0.25, -0.2) is 4.98 Å². The van der Waals surface area contributed by atoms with E-state index >= 15 is 0 Å². The van der Waals surface area contributed by atoms with Crippen LogP contribution in [0, 0.1) is 0 Å². The molecule has 0 aliphatic carbocycles. The van der Waals surface area contributed by atoms with E-state index in [1.165, 1.54) is 38.4 Å². The van der Waals surface area contributed by atoms with Crippen LogP contribution in [0.25, 0.3) is 32.9 Å². The summed E-state index contributed by atoms with van der Waals surface area (Å²) in [6.45, 7) is 12.2. The van der Waals surface area contributed by atoms with Crippen LogP contribution in [-0.2, 0) is 18.4 Å². The van der Waals surface area contributed by atoms with Gasteiger partial charge in [-0.05, 0) is 51.9 Å². The highest BCUT2D eigenvalue weighted by atomic mass is 15.1. The van der Waals surface area contributed by atoms with Crippen LogP contribution in [0.2, 0.25) is 0 Å². The lowest BCUT2D eigenvalue weighted by atomic mass is 9.85. The van der Waals surface area contributed by atoms with Crippen molar-refractivity contribution in [3.8, 4) is 11.3 Å². The smallest absolute Gasteiger partial charge is 0.0757 e. The summed E-state index contributed by atoms with van der Waals surface area (Å²) in [5.41, 5.74) is 7.94. The second-order valence-electron chi connectivity index (χ2n) is 9.54. The zero-order valence-electron chi connectivity index (χ0n) is 18.5. The van der Waals surface area contributed by atoms with E-state index in [4.69, 9.17) is 4.98 Å². The lowest BCUT2D eigenvalue weighted by molar-refractivity contribution is 0.269. The standard InChI is InChI=1S/C28H30N2/c1-5-30-17-16-23-24(18-30)27(20-10-13-21(14-11-20)28(2,3)4)29-25-15-12-19-8-6-7-9-22(19)26(23)25/h6-15H,5,16-18H2,1-4H3. The Morgan fingerprint density at radius 3 is 2.40 bits per heavy atom. The van der Waals surface area contributed by atoms with E-state index in [9.17, 15) is 0 Å². The molecule has 2 heteroatoms. The Bertz CT molecular complexity index is 1230. The van der Waals surface area contributed by atoms with Crippen LogP contribution in [0.3, 0.4) is 0 Å². The van der Waals surface area contributed by atoms with E-state index in [2.05, 4.69) is 93.3 Å². The summed E-state index contributed by atoms with van der Waals surface area (Å²) >= 11 is 0. The molecule has 0 atom stereocenters. The summed E-state index contributed by atoms with van der Waals surface area (Å²) in [6.07, 6.45) is 1.09. The van der Waals surface area contributed by atoms with Crippen LogP contribution in [0.4, 0.5) is 0 Å². The molecule has 0 saturated heterocycles. The first-order valence-electron chi connectivity index (χ1n) is 11.1. The molecule has 3 aromatic carbocycles. The van der Waals surface area contributed by atoms with Crippen molar-refractivity contribution in [2.75, 3.05) is 13.1 Å². The van der Waals surface area contributed by atoms with Crippen LogP contribution in [0.5, 0.6) is 0 Å². The van der Waals surface area contributed by atoms with Crippen LogP contribution in [-0.4, -0.2) is 23.0 Å². The molecule has 0 fully saturated rings. The van der Waals surface area contributed by atoms with E-state index in [0.717, 1.165) is 37.3 Å². The first kappa shape index (κ1) is 19.3. The molecule has 5 rings (SSSR count). The molecule has 1 aliphatic rings. The molecule has 30 heavy (non-hydrogen) atoms. The van der Waals surface area contributed by atoms with Crippen molar-refractivity contribution >= 4 is 21.7 Å². The number of hydrogen-bond acceptors (Lipinski definition) is 2. The van der Waals surface area contributed by atoms with Crippen molar-refractivity contribution < 1.29 is 0 Å². The summed E-state index contributed by atoms with van der Waals surface area (Å²) < 4.78 is 0. The topological polar surface area (TPSA) is 16.1 Å². The van der Waals surface area contributed by atoms with Gasteiger partial charge >= 0.3 is 0 Å². The van der Waals surface area contributed by atoms with E-state index < -0.39 is 0 Å². The lowest BCUT2D eigenvalue weighted by Gasteiger charge is -2.30. The largest absolute Gasteiger partial charge is 0.299 e. The molecule has 2 nitrogen and oxygen atoms in total. The minimum atomic E-state index is 0.159. The number of pyridine rings is 1. The molecule has 152 valence electrons. The van der Waals surface area contributed by atoms with Gasteiger partial charge < -0.3 is 0 Å². The molecule has 0 radical (unpaired) electrons. The number of rotatable bonds is 2. The Labute approximate surface area is 179 Å². The van der Waals surface area contributed by atoms with Gasteiger partial charge in [0.1, 0.15) is 0 Å². The predicted octanol–water partition coefficient (Wildman–Crippen LogP) is 6.73. The molecule has 0 N–H and O–H groups in total. The number of nitrogens with zero attached hydrogens (tertiary/aromatic N) is 2. The summed E-state index contributed by atoms with van der Waals surface area (Å²) in [5, 5.41) is 3.99. The Kier molecular flexibility index (Phi) is 4.63. The minimum Gasteiger partial charge on any atom is -0.299 e. The lowest BCUT2D eigenvalue weighted by Crippen LogP contribution is -2.31. The Morgan fingerprint density at radius 1 is 0.900 bits per heavy atom. The van der Waals surface area contributed by atoms with Crippen LogP contribution < -0.4 is 0 Å². The third-order valence-electron chi connectivity index (χ3n) is 6.62. The molecule has 4 aromatic rings. The number of likely N-dealkylation sites (N-methyl/N-ethyl adjacent to an activating group) is 1. The average molecular weight is 395 g/mol. The van der Waals surface area contributed by atoms with Gasteiger partial charge in [-0.15, -0.1) is 0 Å². The second-order valence-corrected chi connectivity index (χ2v) is 9.54. The molecule has 1 aromatic heterocycles. The first-order chi connectivity index (χ1) is 14.5. The van der Waals surface area contributed by atoms with Crippen molar-refractivity contribution in [1.29, 1.82) is 0 Å². The summed E-state index contributed by atoms with van der Waals surface area (Å²) in [5.74, 6) is 0. The van der Waals surface area contributed by atoms with E-state index in [1.54, 1.807) is 0 Å². The molecule has 0 unspecified atom stereocenters. The minimum absolute atomic E-state index is 0.159. The molecule has 0 amide bonds. The van der Waals surface area contributed by atoms with E-state index in [-0.39, 0.29) is 5.41 Å². The summed E-state index contributed by atoms with van der Waals surface area (Å²) in [6, 6.07) is 22.2. The third-order valence-corrected chi connectivity index (χ3v) is 6.62. The molecule has 0 spiro atoms. The molecule has 0 saturated carbocycles. The zero-order valence-corrected chi connectivity index (χ0v) is 18.5. The van der Waals surface area contributed by atoms with Crippen molar-refractivity contribution in [3.63, 3.8) is 0 Å². The normalized spacial score (nSPS) is 14.9. The average Bonchev–Trinajstić information content (AvgIpc) is 2.77. The fraction of sp³-hybridized carbons (Fsp3) is 0.321. The maximum Gasteiger partial charge on any atom is 0.0757 e. The molecule has 2 heterocycles. The first-order valence-corrected chi connectivity index (χ1v) is 11.1. The Hall–Kier alpha value is -2.71. The molecule has 1 aliphatic heterocycles. The fourth-order valence-corrected chi connectivity index (χ4v) is 4.81. The molecular weight excluding hydrogens is 364 g/mol. The van der Waals surface area contributed by atoms with Gasteiger partial charge in [0.25, 0.3) is 0 Å². The van der Waals surface area contributed by atoms with E-state index in [1.807, 2.05) is 0 Å². The van der Waals surface area contributed by atoms with Gasteiger partial charge in [-0.1, -0.05) is 82.3 Å². The quantitative estimate of drug-likeness (QED) is 0.350. The maximum atomic E-state index is 5.24. The van der Waals surface area contributed by atoms with Gasteiger partial charge in [0.2, 0.25) is 0 Å². The van der Waals surface area contributed by atoms with Gasteiger partial charge in [0.15, 0.2) is 0 Å². The molecular formula is C28H30N2.